The maximum Gasteiger partial charge on any atom is 0.243 e. The monoisotopic (exact) mass is 428 g/mol. The maximum absolute atomic E-state index is 13.1. The van der Waals surface area contributed by atoms with Gasteiger partial charge < -0.3 is 10.1 Å². The molecule has 1 aliphatic heterocycles. The third-order valence-corrected chi connectivity index (χ3v) is 5.39. The second-order valence-electron chi connectivity index (χ2n) is 7.63. The van der Waals surface area contributed by atoms with Gasteiger partial charge in [0.2, 0.25) is 11.9 Å². The summed E-state index contributed by atoms with van der Waals surface area (Å²) in [5, 5.41) is 6.93. The number of nitrogens with zero attached hydrogens (tertiary/aromatic N) is 2. The number of carbonyl (C=O) groups excluding carboxylic acids is 1. The second-order valence-corrected chi connectivity index (χ2v) is 7.63. The van der Waals surface area contributed by atoms with Gasteiger partial charge in [0.15, 0.2) is 0 Å². The quantitative estimate of drug-likeness (QED) is 0.472. The molecular formula is C25H21FN4O2. The summed E-state index contributed by atoms with van der Waals surface area (Å²) in [6.07, 6.45) is 1.79. The van der Waals surface area contributed by atoms with E-state index in [1.54, 1.807) is 12.1 Å². The summed E-state index contributed by atoms with van der Waals surface area (Å²) in [7, 11) is 0. The topological polar surface area (TPSA) is 76.1 Å². The van der Waals surface area contributed by atoms with Gasteiger partial charge in [0.1, 0.15) is 17.3 Å². The van der Waals surface area contributed by atoms with E-state index in [0.29, 0.717) is 11.5 Å². The maximum atomic E-state index is 13.1. The van der Waals surface area contributed by atoms with Gasteiger partial charge in [-0.3, -0.25) is 10.1 Å². The van der Waals surface area contributed by atoms with Crippen molar-refractivity contribution in [3.8, 4) is 22.8 Å². The zero-order valence-electron chi connectivity index (χ0n) is 17.2. The van der Waals surface area contributed by atoms with Crippen molar-refractivity contribution in [2.75, 3.05) is 11.9 Å². The lowest BCUT2D eigenvalue weighted by molar-refractivity contribution is -0.117. The van der Waals surface area contributed by atoms with E-state index in [0.717, 1.165) is 41.5 Å². The molecule has 0 bridgehead atoms. The highest BCUT2D eigenvalue weighted by atomic mass is 19.1. The molecule has 3 aromatic carbocycles. The van der Waals surface area contributed by atoms with Crippen LogP contribution >= 0.6 is 0 Å². The molecule has 32 heavy (non-hydrogen) atoms. The molecule has 1 aliphatic rings. The first-order valence-electron chi connectivity index (χ1n) is 10.5. The van der Waals surface area contributed by atoms with Gasteiger partial charge in [-0.15, -0.1) is 0 Å². The third kappa shape index (κ3) is 4.29. The molecule has 160 valence electrons. The fraction of sp³-hybridized carbons (Fsp3) is 0.160. The van der Waals surface area contributed by atoms with Crippen LogP contribution in [-0.4, -0.2) is 28.5 Å². The van der Waals surface area contributed by atoms with E-state index < -0.39 is 0 Å². The molecule has 0 radical (unpaired) electrons. The normalized spacial score (nSPS) is 15.6. The number of amides is 1. The first-order chi connectivity index (χ1) is 15.7. The standard InChI is InChI=1S/C25H21FN4O2/c26-17-9-13-19(14-10-17)32-18-11-7-16(8-12-18)23-20-4-1-2-5-21(20)28-25(29-23)30-24(31)22-6-3-15-27-22/h1-2,4-5,7-14,22,27H,3,6,15H2,(H,28,29,30,31)/t22-/m0/s1. The Morgan fingerprint density at radius 3 is 2.41 bits per heavy atom. The summed E-state index contributed by atoms with van der Waals surface area (Å²) in [6, 6.07) is 20.8. The number of anilines is 1. The number of hydrogen-bond donors (Lipinski definition) is 2. The average Bonchev–Trinajstić information content (AvgIpc) is 3.36. The first-order valence-corrected chi connectivity index (χ1v) is 10.5. The Kier molecular flexibility index (Phi) is 5.47. The van der Waals surface area contributed by atoms with E-state index in [4.69, 9.17) is 4.74 Å². The van der Waals surface area contributed by atoms with Crippen molar-refractivity contribution in [2.45, 2.75) is 18.9 Å². The van der Waals surface area contributed by atoms with Gasteiger partial charge in [0.25, 0.3) is 0 Å². The van der Waals surface area contributed by atoms with E-state index in [9.17, 15) is 9.18 Å². The lowest BCUT2D eigenvalue weighted by Gasteiger charge is -2.13. The number of benzene rings is 3. The summed E-state index contributed by atoms with van der Waals surface area (Å²) < 4.78 is 18.9. The second kappa shape index (κ2) is 8.72. The van der Waals surface area contributed by atoms with Gasteiger partial charge in [-0.25, -0.2) is 14.4 Å². The van der Waals surface area contributed by atoms with Crippen molar-refractivity contribution in [2.24, 2.45) is 0 Å². The van der Waals surface area contributed by atoms with Crippen molar-refractivity contribution >= 4 is 22.8 Å². The van der Waals surface area contributed by atoms with Gasteiger partial charge >= 0.3 is 0 Å². The summed E-state index contributed by atoms with van der Waals surface area (Å²) in [4.78, 5) is 21.7. The van der Waals surface area contributed by atoms with Crippen molar-refractivity contribution in [3.05, 3.63) is 78.6 Å². The molecule has 1 saturated heterocycles. The van der Waals surface area contributed by atoms with Crippen LogP contribution in [0.2, 0.25) is 0 Å². The Bertz CT molecular complexity index is 1250. The van der Waals surface area contributed by atoms with Gasteiger partial charge in [-0.05, 0) is 74.0 Å². The smallest absolute Gasteiger partial charge is 0.243 e. The van der Waals surface area contributed by atoms with E-state index in [1.165, 1.54) is 12.1 Å². The predicted molar refractivity (Wildman–Crippen MR) is 121 cm³/mol. The van der Waals surface area contributed by atoms with Crippen LogP contribution in [0.15, 0.2) is 72.8 Å². The van der Waals surface area contributed by atoms with Gasteiger partial charge in [-0.1, -0.05) is 18.2 Å². The van der Waals surface area contributed by atoms with Crippen molar-refractivity contribution in [1.29, 1.82) is 0 Å². The SMILES string of the molecule is O=C(Nc1nc(-c2ccc(Oc3ccc(F)cc3)cc2)c2ccccc2n1)[C@@H]1CCCN1. The molecule has 1 atom stereocenters. The Balaban J connectivity index is 1.44. The number of nitrogens with one attached hydrogen (secondary N) is 2. The predicted octanol–water partition coefficient (Wildman–Crippen LogP) is 4.92. The van der Waals surface area contributed by atoms with E-state index in [-0.39, 0.29) is 23.7 Å². The zero-order valence-corrected chi connectivity index (χ0v) is 17.2. The van der Waals surface area contributed by atoms with Crippen LogP contribution in [0, 0.1) is 5.82 Å². The number of fused-ring (bicyclic) bond motifs is 1. The number of carbonyl (C=O) groups is 1. The van der Waals surface area contributed by atoms with Crippen molar-refractivity contribution in [1.82, 2.24) is 15.3 Å². The fourth-order valence-electron chi connectivity index (χ4n) is 3.78. The number of rotatable bonds is 5. The van der Waals surface area contributed by atoms with Crippen LogP contribution in [0.25, 0.3) is 22.2 Å². The summed E-state index contributed by atoms with van der Waals surface area (Å²) >= 11 is 0. The third-order valence-electron chi connectivity index (χ3n) is 5.39. The van der Waals surface area contributed by atoms with Crippen molar-refractivity contribution in [3.63, 3.8) is 0 Å². The fourth-order valence-corrected chi connectivity index (χ4v) is 3.78. The molecule has 1 fully saturated rings. The summed E-state index contributed by atoms with van der Waals surface area (Å²) in [5.41, 5.74) is 2.34. The van der Waals surface area contributed by atoms with Crippen LogP contribution in [0.4, 0.5) is 10.3 Å². The molecule has 5 rings (SSSR count). The van der Waals surface area contributed by atoms with Gasteiger partial charge in [0, 0.05) is 10.9 Å². The molecule has 0 spiro atoms. The first kappa shape index (κ1) is 20.1. The lowest BCUT2D eigenvalue weighted by atomic mass is 10.1. The summed E-state index contributed by atoms with van der Waals surface area (Å²) in [5.74, 6) is 1.03. The number of aromatic nitrogens is 2. The molecule has 0 saturated carbocycles. The van der Waals surface area contributed by atoms with Crippen LogP contribution in [0.5, 0.6) is 11.5 Å². The minimum Gasteiger partial charge on any atom is -0.457 e. The largest absolute Gasteiger partial charge is 0.457 e. The molecule has 0 aliphatic carbocycles. The van der Waals surface area contributed by atoms with Crippen LogP contribution in [0.1, 0.15) is 12.8 Å². The Morgan fingerprint density at radius 1 is 0.969 bits per heavy atom. The molecule has 2 heterocycles. The lowest BCUT2D eigenvalue weighted by Crippen LogP contribution is -2.36. The van der Waals surface area contributed by atoms with Crippen LogP contribution in [-0.2, 0) is 4.79 Å². The molecule has 6 nitrogen and oxygen atoms in total. The summed E-state index contributed by atoms with van der Waals surface area (Å²) in [6.45, 7) is 0.842. The number of halogens is 1. The highest BCUT2D eigenvalue weighted by Crippen LogP contribution is 2.30. The Hall–Kier alpha value is -3.84. The van der Waals surface area contributed by atoms with Gasteiger partial charge in [-0.2, -0.15) is 0 Å². The van der Waals surface area contributed by atoms with E-state index in [2.05, 4.69) is 20.6 Å². The van der Waals surface area contributed by atoms with E-state index in [1.807, 2.05) is 48.5 Å². The minimum atomic E-state index is -0.310. The highest BCUT2D eigenvalue weighted by molar-refractivity contribution is 5.97. The van der Waals surface area contributed by atoms with Gasteiger partial charge in [0.05, 0.1) is 17.3 Å². The number of hydrogen-bond acceptors (Lipinski definition) is 5. The minimum absolute atomic E-state index is 0.119. The highest BCUT2D eigenvalue weighted by Gasteiger charge is 2.23. The Labute approximate surface area is 184 Å². The zero-order chi connectivity index (χ0) is 21.9. The molecular weight excluding hydrogens is 407 g/mol. The molecule has 7 heteroatoms. The average molecular weight is 428 g/mol. The number of para-hydroxylation sites is 1. The van der Waals surface area contributed by atoms with Crippen LogP contribution < -0.4 is 15.4 Å². The van der Waals surface area contributed by atoms with Crippen LogP contribution in [0.3, 0.4) is 0 Å². The van der Waals surface area contributed by atoms with E-state index >= 15 is 0 Å². The Morgan fingerprint density at radius 2 is 1.69 bits per heavy atom. The van der Waals surface area contributed by atoms with Crippen molar-refractivity contribution < 1.29 is 13.9 Å². The molecule has 2 N–H and O–H groups in total. The number of ether oxygens (including phenoxy) is 1. The molecule has 1 aromatic heterocycles. The molecule has 1 amide bonds. The molecule has 0 unspecified atom stereocenters. The molecule has 4 aromatic rings.